The van der Waals surface area contributed by atoms with Crippen LogP contribution in [0, 0.1) is 5.82 Å². The van der Waals surface area contributed by atoms with E-state index in [1.54, 1.807) is 29.3 Å². The Kier molecular flexibility index (Phi) is 7.96. The molecule has 208 valence electrons. The number of anilines is 2. The first-order valence-electron chi connectivity index (χ1n) is 12.7. The van der Waals surface area contributed by atoms with Crippen molar-refractivity contribution in [1.82, 2.24) is 25.2 Å². The number of ether oxygens (including phenoxy) is 1. The van der Waals surface area contributed by atoms with Gasteiger partial charge in [0.15, 0.2) is 11.0 Å². The maximum absolute atomic E-state index is 14.6. The molecule has 0 saturated carbocycles. The predicted molar refractivity (Wildman–Crippen MR) is 146 cm³/mol. The molecule has 2 atom stereocenters. The van der Waals surface area contributed by atoms with Crippen molar-refractivity contribution < 1.29 is 23.5 Å². The fourth-order valence-electron chi connectivity index (χ4n) is 4.83. The van der Waals surface area contributed by atoms with E-state index < -0.39 is 24.0 Å². The molecule has 1 saturated heterocycles. The number of benzene rings is 1. The van der Waals surface area contributed by atoms with Gasteiger partial charge in [0, 0.05) is 42.2 Å². The fraction of sp³-hybridized carbons (Fsp3) is 0.296. The van der Waals surface area contributed by atoms with Crippen LogP contribution in [0.3, 0.4) is 0 Å². The predicted octanol–water partition coefficient (Wildman–Crippen LogP) is 5.32. The molecule has 2 bridgehead atoms. The molecular formula is C27H27ClFN7O4. The number of fused-ring (bicyclic) bond motifs is 4. The summed E-state index contributed by atoms with van der Waals surface area (Å²) in [5.74, 6) is -0.285. The second-order valence-electron chi connectivity index (χ2n) is 9.35. The smallest absolute Gasteiger partial charge is 0.411 e. The number of imidazole rings is 1. The number of carbonyl (C=O) groups excluding carboxylic acids is 3. The summed E-state index contributed by atoms with van der Waals surface area (Å²) in [6.07, 6.45) is 7.94. The van der Waals surface area contributed by atoms with Gasteiger partial charge in [-0.2, -0.15) is 0 Å². The molecule has 5 rings (SSSR count). The summed E-state index contributed by atoms with van der Waals surface area (Å²) in [6.45, 7) is 0.351. The van der Waals surface area contributed by atoms with Crippen LogP contribution in [-0.4, -0.2) is 51.5 Å². The highest BCUT2D eigenvalue weighted by Gasteiger charge is 2.34. The highest BCUT2D eigenvalue weighted by molar-refractivity contribution is 6.29. The summed E-state index contributed by atoms with van der Waals surface area (Å²) in [5, 5.41) is 8.15. The molecule has 2 aromatic heterocycles. The lowest BCUT2D eigenvalue weighted by Gasteiger charge is -2.37. The third-order valence-corrected chi connectivity index (χ3v) is 7.09. The number of carbonyl (C=O) groups is 3. The average molecular weight is 568 g/mol. The van der Waals surface area contributed by atoms with Crippen LogP contribution in [-0.2, 0) is 9.53 Å². The second kappa shape index (κ2) is 11.7. The van der Waals surface area contributed by atoms with Crippen molar-refractivity contribution in [2.75, 3.05) is 24.3 Å². The number of hydrogen-bond donors (Lipinski definition) is 4. The van der Waals surface area contributed by atoms with Gasteiger partial charge in [-0.25, -0.2) is 23.9 Å². The molecule has 13 heteroatoms. The van der Waals surface area contributed by atoms with E-state index in [4.69, 9.17) is 16.6 Å². The van der Waals surface area contributed by atoms with E-state index in [1.807, 2.05) is 12.2 Å². The minimum Gasteiger partial charge on any atom is -0.453 e. The maximum Gasteiger partial charge on any atom is 0.411 e. The van der Waals surface area contributed by atoms with Crippen molar-refractivity contribution in [2.45, 2.75) is 37.8 Å². The van der Waals surface area contributed by atoms with Gasteiger partial charge in [0.25, 0.3) is 0 Å². The molecule has 0 spiro atoms. The first-order chi connectivity index (χ1) is 19.3. The number of nitrogens with zero attached hydrogens (tertiary/aromatic N) is 3. The first kappa shape index (κ1) is 27.1. The number of halogens is 2. The number of rotatable bonds is 3. The molecule has 2 aliphatic heterocycles. The Morgan fingerprint density at radius 1 is 1.25 bits per heavy atom. The molecule has 4 amide bonds. The van der Waals surface area contributed by atoms with Crippen LogP contribution in [0.2, 0.25) is 5.15 Å². The quantitative estimate of drug-likeness (QED) is 0.249. The van der Waals surface area contributed by atoms with Crippen LogP contribution in [0.1, 0.15) is 49.2 Å². The first-order valence-corrected chi connectivity index (χ1v) is 13.1. The van der Waals surface area contributed by atoms with Crippen molar-refractivity contribution in [3.63, 3.8) is 0 Å². The molecule has 3 aromatic rings. The van der Waals surface area contributed by atoms with E-state index in [2.05, 4.69) is 30.7 Å². The van der Waals surface area contributed by atoms with Crippen LogP contribution in [0.5, 0.6) is 0 Å². The van der Waals surface area contributed by atoms with E-state index >= 15 is 0 Å². The third kappa shape index (κ3) is 5.76. The number of nitrogens with one attached hydrogen (secondary N) is 4. The molecule has 0 aliphatic carbocycles. The number of aromatic amines is 1. The number of aromatic nitrogens is 3. The van der Waals surface area contributed by atoms with Gasteiger partial charge in [-0.1, -0.05) is 23.8 Å². The number of allylic oxidation sites excluding steroid dienone is 1. The zero-order valence-corrected chi connectivity index (χ0v) is 22.3. The molecule has 4 N–H and O–H groups in total. The standard InChI is InChI=1S/C27H27ClFN7O4/c1-40-27(39)32-15-7-8-16-19(13-15)33-22(37)6-4-2-3-5-21(25-31-14-20(16)34-25)36-12-10-18(35-26(36)38)17-9-11-30-24(28)23(17)29/h2-3,7-9,11,13-14,18,21H,4-6,10,12H2,1H3,(H,31,34)(H,32,39)(H,33,37)(H,35,38)/b3-2+/t18-,21?/m1/s1. The van der Waals surface area contributed by atoms with Crippen molar-refractivity contribution >= 4 is 41.0 Å². The van der Waals surface area contributed by atoms with Crippen molar-refractivity contribution in [3.05, 3.63) is 71.2 Å². The lowest BCUT2D eigenvalue weighted by atomic mass is 10.0. The zero-order chi connectivity index (χ0) is 28.2. The molecule has 11 nitrogen and oxygen atoms in total. The molecule has 1 aromatic carbocycles. The van der Waals surface area contributed by atoms with E-state index in [9.17, 15) is 18.8 Å². The summed E-state index contributed by atoms with van der Waals surface area (Å²) in [7, 11) is 1.26. The van der Waals surface area contributed by atoms with E-state index in [0.29, 0.717) is 54.3 Å². The van der Waals surface area contributed by atoms with Crippen LogP contribution in [0.4, 0.5) is 25.4 Å². The van der Waals surface area contributed by atoms with Gasteiger partial charge in [0.1, 0.15) is 5.82 Å². The third-order valence-electron chi connectivity index (χ3n) is 6.82. The average Bonchev–Trinajstić information content (AvgIpc) is 3.42. The number of methoxy groups -OCH3 is 1. The van der Waals surface area contributed by atoms with Crippen molar-refractivity contribution in [3.8, 4) is 11.3 Å². The van der Waals surface area contributed by atoms with Gasteiger partial charge in [-0.3, -0.25) is 10.1 Å². The Morgan fingerprint density at radius 2 is 2.10 bits per heavy atom. The molecular weight excluding hydrogens is 541 g/mol. The van der Waals surface area contributed by atoms with Crippen molar-refractivity contribution in [2.24, 2.45) is 0 Å². The fourth-order valence-corrected chi connectivity index (χ4v) is 4.99. The minimum absolute atomic E-state index is 0.197. The summed E-state index contributed by atoms with van der Waals surface area (Å²) < 4.78 is 19.2. The Labute approximate surface area is 234 Å². The second-order valence-corrected chi connectivity index (χ2v) is 9.70. The van der Waals surface area contributed by atoms with E-state index in [-0.39, 0.29) is 29.1 Å². The van der Waals surface area contributed by atoms with Crippen LogP contribution in [0.15, 0.2) is 48.8 Å². The summed E-state index contributed by atoms with van der Waals surface area (Å²) in [5.41, 5.74) is 2.37. The number of H-pyrrole nitrogens is 1. The summed E-state index contributed by atoms with van der Waals surface area (Å²) in [6, 6.07) is 5.22. The zero-order valence-electron chi connectivity index (χ0n) is 21.5. The molecule has 1 unspecified atom stereocenters. The van der Waals surface area contributed by atoms with Crippen molar-refractivity contribution in [1.29, 1.82) is 0 Å². The normalized spacial score (nSPS) is 20.1. The van der Waals surface area contributed by atoms with E-state index in [1.165, 1.54) is 19.4 Å². The molecule has 1 fully saturated rings. The van der Waals surface area contributed by atoms with Crippen LogP contribution in [0.25, 0.3) is 11.3 Å². The van der Waals surface area contributed by atoms with Gasteiger partial charge < -0.3 is 25.3 Å². The Hall–Kier alpha value is -4.45. The van der Waals surface area contributed by atoms with Gasteiger partial charge in [0.05, 0.1) is 30.6 Å². The monoisotopic (exact) mass is 567 g/mol. The van der Waals surface area contributed by atoms with Crippen LogP contribution >= 0.6 is 11.6 Å². The topological polar surface area (TPSA) is 141 Å². The van der Waals surface area contributed by atoms with Crippen LogP contribution < -0.4 is 16.0 Å². The minimum atomic E-state index is -0.643. The summed E-state index contributed by atoms with van der Waals surface area (Å²) >= 11 is 5.85. The SMILES string of the molecule is COC(=O)Nc1ccc2c(c1)NC(=O)CC/C=C/CC(N1CC[C@H](c3ccnc(Cl)c3F)NC1=O)c1nc-2c[nH]1. The number of hydrogen-bond acceptors (Lipinski definition) is 6. The highest BCUT2D eigenvalue weighted by atomic mass is 35.5. The Morgan fingerprint density at radius 3 is 2.90 bits per heavy atom. The maximum atomic E-state index is 14.6. The van der Waals surface area contributed by atoms with Gasteiger partial charge in [-0.15, -0.1) is 0 Å². The number of amides is 4. The lowest BCUT2D eigenvalue weighted by molar-refractivity contribution is -0.116. The largest absolute Gasteiger partial charge is 0.453 e. The Bertz CT molecular complexity index is 1480. The number of urea groups is 1. The van der Waals surface area contributed by atoms with E-state index in [0.717, 1.165) is 0 Å². The van der Waals surface area contributed by atoms with Gasteiger partial charge >= 0.3 is 12.1 Å². The Balaban J connectivity index is 1.44. The highest BCUT2D eigenvalue weighted by Crippen LogP contribution is 2.35. The van der Waals surface area contributed by atoms with Gasteiger partial charge in [-0.05, 0) is 43.5 Å². The van der Waals surface area contributed by atoms with Gasteiger partial charge in [0.2, 0.25) is 5.91 Å². The molecule has 0 radical (unpaired) electrons. The molecule has 2 aliphatic rings. The molecule has 40 heavy (non-hydrogen) atoms. The molecule has 4 heterocycles. The lowest BCUT2D eigenvalue weighted by Crippen LogP contribution is -2.49. The number of pyridine rings is 1. The summed E-state index contributed by atoms with van der Waals surface area (Å²) in [4.78, 5) is 51.0.